The van der Waals surface area contributed by atoms with Crippen LogP contribution in [0, 0.1) is 17.2 Å². The normalized spacial score (nSPS) is 14.0. The van der Waals surface area contributed by atoms with Gasteiger partial charge >= 0.3 is 6.61 Å². The predicted molar refractivity (Wildman–Crippen MR) is 122 cm³/mol. The van der Waals surface area contributed by atoms with Crippen LogP contribution in [0.5, 0.6) is 11.5 Å². The molecule has 2 heterocycles. The molecule has 4 rings (SSSR count). The zero-order valence-corrected chi connectivity index (χ0v) is 19.3. The average Bonchev–Trinajstić information content (AvgIpc) is 3.20. The number of carbonyl (C=O) groups is 1. The summed E-state index contributed by atoms with van der Waals surface area (Å²) < 4.78 is 38.4. The molecule has 0 spiro atoms. The molecule has 0 atom stereocenters. The van der Waals surface area contributed by atoms with Crippen molar-refractivity contribution in [2.75, 3.05) is 13.7 Å². The molecule has 0 saturated heterocycles. The Balaban J connectivity index is 1.75. The molecule has 9 heteroatoms. The molecular formula is C25H26F2N4O3. The van der Waals surface area contributed by atoms with Gasteiger partial charge in [-0.25, -0.2) is 4.98 Å². The Kier molecular flexibility index (Phi) is 6.42. The smallest absolute Gasteiger partial charge is 0.387 e. The number of alkyl halides is 2. The Morgan fingerprint density at radius 2 is 2.06 bits per heavy atom. The molecule has 1 aliphatic carbocycles. The van der Waals surface area contributed by atoms with Crippen LogP contribution >= 0.6 is 0 Å². The Bertz CT molecular complexity index is 1260. The first kappa shape index (κ1) is 23.5. The first-order chi connectivity index (χ1) is 16.2. The second-order valence-electron chi connectivity index (χ2n) is 8.96. The van der Waals surface area contributed by atoms with Crippen LogP contribution in [0.4, 0.5) is 8.78 Å². The van der Waals surface area contributed by atoms with Crippen LogP contribution in [-0.4, -0.2) is 35.6 Å². The third-order valence-corrected chi connectivity index (χ3v) is 6.32. The minimum absolute atomic E-state index is 0.0715. The van der Waals surface area contributed by atoms with Crippen LogP contribution in [-0.2, 0) is 5.41 Å². The van der Waals surface area contributed by atoms with Gasteiger partial charge in [0.15, 0.2) is 0 Å². The van der Waals surface area contributed by atoms with Crippen LogP contribution in [0.1, 0.15) is 49.0 Å². The van der Waals surface area contributed by atoms with Gasteiger partial charge in [0, 0.05) is 18.3 Å². The molecule has 1 saturated carbocycles. The molecule has 3 aromatic rings. The van der Waals surface area contributed by atoms with Gasteiger partial charge in [0.25, 0.3) is 5.91 Å². The Morgan fingerprint density at radius 1 is 1.32 bits per heavy atom. The number of nitrogens with zero attached hydrogens (tertiary/aromatic N) is 3. The van der Waals surface area contributed by atoms with Gasteiger partial charge in [-0.05, 0) is 62.4 Å². The minimum Gasteiger partial charge on any atom is -0.496 e. The largest absolute Gasteiger partial charge is 0.496 e. The molecule has 0 aliphatic heterocycles. The zero-order chi connectivity index (χ0) is 24.5. The van der Waals surface area contributed by atoms with Crippen molar-refractivity contribution in [3.63, 3.8) is 0 Å². The third kappa shape index (κ3) is 4.53. The van der Waals surface area contributed by atoms with Gasteiger partial charge in [-0.3, -0.25) is 9.20 Å². The van der Waals surface area contributed by atoms with Crippen molar-refractivity contribution in [3.05, 3.63) is 47.8 Å². The number of hydrogen-bond donors (Lipinski definition) is 1. The van der Waals surface area contributed by atoms with Crippen molar-refractivity contribution in [2.45, 2.75) is 45.1 Å². The number of aromatic nitrogens is 2. The number of nitriles is 1. The number of ether oxygens (including phenoxy) is 2. The lowest BCUT2D eigenvalue weighted by atomic mass is 9.85. The van der Waals surface area contributed by atoms with Gasteiger partial charge in [-0.1, -0.05) is 6.42 Å². The van der Waals surface area contributed by atoms with E-state index < -0.39 is 17.9 Å². The molecule has 0 unspecified atom stereocenters. The molecule has 1 aromatic carbocycles. The van der Waals surface area contributed by atoms with Crippen molar-refractivity contribution in [2.24, 2.45) is 5.92 Å². The summed E-state index contributed by atoms with van der Waals surface area (Å²) in [5.74, 6) is -0.265. The summed E-state index contributed by atoms with van der Waals surface area (Å²) in [5, 5.41) is 12.2. The monoisotopic (exact) mass is 468 g/mol. The SMILES string of the molecule is COc1cc(-c2cnc3cc(C(C)(C)C#N)ccn23)cc(OC(F)F)c1C(=O)NCC1CCC1. The van der Waals surface area contributed by atoms with E-state index in [-0.39, 0.29) is 17.1 Å². The summed E-state index contributed by atoms with van der Waals surface area (Å²) >= 11 is 0. The maximum absolute atomic E-state index is 13.3. The zero-order valence-electron chi connectivity index (χ0n) is 19.3. The number of rotatable bonds is 8. The molecule has 34 heavy (non-hydrogen) atoms. The quantitative estimate of drug-likeness (QED) is 0.506. The lowest BCUT2D eigenvalue weighted by Gasteiger charge is -2.25. The van der Waals surface area contributed by atoms with E-state index in [1.165, 1.54) is 13.2 Å². The van der Waals surface area contributed by atoms with Crippen LogP contribution in [0.25, 0.3) is 16.9 Å². The highest BCUT2D eigenvalue weighted by Crippen LogP contribution is 2.37. The molecule has 0 bridgehead atoms. The number of benzene rings is 1. The summed E-state index contributed by atoms with van der Waals surface area (Å²) in [6, 6.07) is 8.89. The van der Waals surface area contributed by atoms with Crippen molar-refractivity contribution >= 4 is 11.6 Å². The fraction of sp³-hybridized carbons (Fsp3) is 0.400. The minimum atomic E-state index is -3.11. The molecular weight excluding hydrogens is 442 g/mol. The third-order valence-electron chi connectivity index (χ3n) is 6.32. The van der Waals surface area contributed by atoms with E-state index in [9.17, 15) is 18.8 Å². The average molecular weight is 469 g/mol. The molecule has 178 valence electrons. The fourth-order valence-corrected chi connectivity index (χ4v) is 3.98. The number of pyridine rings is 1. The summed E-state index contributed by atoms with van der Waals surface area (Å²) in [6.07, 6.45) is 6.57. The molecule has 1 aliphatic rings. The standard InChI is InChI=1S/C25H26F2N4O3/c1-25(2,14-28)17-7-8-31-18(13-29-21(31)11-17)16-9-19(33-3)22(20(10-16)34-24(26)27)23(32)30-12-15-5-4-6-15/h7-11,13,15,24H,4-6,12H2,1-3H3,(H,30,32). The van der Waals surface area contributed by atoms with E-state index >= 15 is 0 Å². The molecule has 1 fully saturated rings. The van der Waals surface area contributed by atoms with Gasteiger partial charge in [0.05, 0.1) is 30.5 Å². The topological polar surface area (TPSA) is 88.7 Å². The van der Waals surface area contributed by atoms with E-state index in [2.05, 4.69) is 16.4 Å². The number of nitrogens with one attached hydrogen (secondary N) is 1. The maximum Gasteiger partial charge on any atom is 0.387 e. The highest BCUT2D eigenvalue weighted by atomic mass is 19.3. The van der Waals surface area contributed by atoms with Crippen LogP contribution < -0.4 is 14.8 Å². The summed E-state index contributed by atoms with van der Waals surface area (Å²) in [7, 11) is 1.37. The fourth-order valence-electron chi connectivity index (χ4n) is 3.98. The Morgan fingerprint density at radius 3 is 2.68 bits per heavy atom. The van der Waals surface area contributed by atoms with Crippen molar-refractivity contribution in [3.8, 4) is 28.8 Å². The lowest BCUT2D eigenvalue weighted by molar-refractivity contribution is -0.0502. The summed E-state index contributed by atoms with van der Waals surface area (Å²) in [5.41, 5.74) is 1.71. The Hall–Kier alpha value is -3.67. The number of carbonyl (C=O) groups excluding carboxylic acids is 1. The van der Waals surface area contributed by atoms with E-state index in [4.69, 9.17) is 9.47 Å². The molecule has 1 amide bonds. The first-order valence-electron chi connectivity index (χ1n) is 11.1. The predicted octanol–water partition coefficient (Wildman–Crippen LogP) is 4.94. The number of imidazole rings is 1. The number of amides is 1. The maximum atomic E-state index is 13.3. The van der Waals surface area contributed by atoms with E-state index in [0.29, 0.717) is 29.4 Å². The highest BCUT2D eigenvalue weighted by Gasteiger charge is 2.26. The van der Waals surface area contributed by atoms with E-state index in [1.54, 1.807) is 22.9 Å². The van der Waals surface area contributed by atoms with Gasteiger partial charge in [0.2, 0.25) is 0 Å². The van der Waals surface area contributed by atoms with Gasteiger partial charge < -0.3 is 14.8 Å². The molecule has 1 N–H and O–H groups in total. The molecule has 2 aromatic heterocycles. The molecule has 0 radical (unpaired) electrons. The van der Waals surface area contributed by atoms with E-state index in [1.807, 2.05) is 26.0 Å². The van der Waals surface area contributed by atoms with Gasteiger partial charge in [-0.15, -0.1) is 0 Å². The van der Waals surface area contributed by atoms with Crippen LogP contribution in [0.3, 0.4) is 0 Å². The van der Waals surface area contributed by atoms with Crippen molar-refractivity contribution in [1.82, 2.24) is 14.7 Å². The second-order valence-corrected chi connectivity index (χ2v) is 8.96. The number of methoxy groups -OCH3 is 1. The number of hydrogen-bond acceptors (Lipinski definition) is 5. The number of halogens is 2. The number of fused-ring (bicyclic) bond motifs is 1. The van der Waals surface area contributed by atoms with Crippen LogP contribution in [0.2, 0.25) is 0 Å². The van der Waals surface area contributed by atoms with Crippen LogP contribution in [0.15, 0.2) is 36.7 Å². The molecule has 7 nitrogen and oxygen atoms in total. The van der Waals surface area contributed by atoms with Crippen molar-refractivity contribution < 1.29 is 23.0 Å². The Labute approximate surface area is 196 Å². The highest BCUT2D eigenvalue weighted by molar-refractivity contribution is 6.00. The second kappa shape index (κ2) is 9.29. The lowest BCUT2D eigenvalue weighted by Crippen LogP contribution is -2.32. The first-order valence-corrected chi connectivity index (χ1v) is 11.1. The van der Waals surface area contributed by atoms with Crippen molar-refractivity contribution in [1.29, 1.82) is 5.26 Å². The van der Waals surface area contributed by atoms with Gasteiger partial charge in [-0.2, -0.15) is 14.0 Å². The summed E-state index contributed by atoms with van der Waals surface area (Å²) in [6.45, 7) is 0.995. The summed E-state index contributed by atoms with van der Waals surface area (Å²) in [4.78, 5) is 17.3. The van der Waals surface area contributed by atoms with Gasteiger partial charge in [0.1, 0.15) is 22.7 Å². The van der Waals surface area contributed by atoms with E-state index in [0.717, 1.165) is 24.8 Å².